The summed E-state index contributed by atoms with van der Waals surface area (Å²) in [5.41, 5.74) is 0. The zero-order valence-corrected chi connectivity index (χ0v) is 7.13. The van der Waals surface area contributed by atoms with Crippen LogP contribution in [-0.2, 0) is 0 Å². The lowest BCUT2D eigenvalue weighted by atomic mass is 9.84. The SMILES string of the molecule is C=CC[C@H](O)C1CCCCC1. The largest absolute Gasteiger partial charge is 0.393 e. The van der Waals surface area contributed by atoms with Gasteiger partial charge in [-0.15, -0.1) is 6.58 Å². The van der Waals surface area contributed by atoms with Crippen molar-refractivity contribution in [1.82, 2.24) is 0 Å². The van der Waals surface area contributed by atoms with E-state index in [1.807, 2.05) is 6.08 Å². The van der Waals surface area contributed by atoms with Gasteiger partial charge in [-0.3, -0.25) is 0 Å². The first kappa shape index (κ1) is 8.79. The maximum atomic E-state index is 9.60. The predicted octanol–water partition coefficient (Wildman–Crippen LogP) is 2.50. The average Bonchev–Trinajstić information content (AvgIpc) is 2.07. The third-order valence-corrected chi connectivity index (χ3v) is 2.60. The van der Waals surface area contributed by atoms with E-state index < -0.39 is 0 Å². The summed E-state index contributed by atoms with van der Waals surface area (Å²) in [5, 5.41) is 9.60. The van der Waals surface area contributed by atoms with Crippen molar-refractivity contribution in [3.63, 3.8) is 0 Å². The molecule has 1 nitrogen and oxygen atoms in total. The van der Waals surface area contributed by atoms with Crippen LogP contribution in [0.2, 0.25) is 0 Å². The van der Waals surface area contributed by atoms with Crippen molar-refractivity contribution in [2.75, 3.05) is 0 Å². The molecule has 0 aromatic rings. The van der Waals surface area contributed by atoms with Crippen molar-refractivity contribution in [3.8, 4) is 0 Å². The molecule has 1 rings (SSSR count). The first-order valence-corrected chi connectivity index (χ1v) is 4.63. The Labute approximate surface area is 69.1 Å². The standard InChI is InChI=1S/C10H18O/c1-2-6-10(11)9-7-4-3-5-8-9/h2,9-11H,1,3-8H2/t10-/m0/s1. The minimum Gasteiger partial charge on any atom is -0.393 e. The molecule has 1 heteroatoms. The summed E-state index contributed by atoms with van der Waals surface area (Å²) in [7, 11) is 0. The molecule has 0 unspecified atom stereocenters. The summed E-state index contributed by atoms with van der Waals surface area (Å²) in [6.45, 7) is 3.64. The van der Waals surface area contributed by atoms with Crippen LogP contribution in [0.25, 0.3) is 0 Å². The predicted molar refractivity (Wildman–Crippen MR) is 47.4 cm³/mol. The Balaban J connectivity index is 2.26. The van der Waals surface area contributed by atoms with Crippen molar-refractivity contribution in [3.05, 3.63) is 12.7 Å². The first-order valence-electron chi connectivity index (χ1n) is 4.63. The molecule has 1 aliphatic carbocycles. The summed E-state index contributed by atoms with van der Waals surface area (Å²) >= 11 is 0. The lowest BCUT2D eigenvalue weighted by molar-refractivity contribution is 0.0874. The Kier molecular flexibility index (Phi) is 3.64. The smallest absolute Gasteiger partial charge is 0.0602 e. The fourth-order valence-corrected chi connectivity index (χ4v) is 1.88. The van der Waals surface area contributed by atoms with Gasteiger partial charge >= 0.3 is 0 Å². The number of rotatable bonds is 3. The van der Waals surface area contributed by atoms with E-state index in [-0.39, 0.29) is 6.10 Å². The maximum Gasteiger partial charge on any atom is 0.0602 e. The molecule has 0 bridgehead atoms. The topological polar surface area (TPSA) is 20.2 Å². The highest BCUT2D eigenvalue weighted by Crippen LogP contribution is 2.27. The van der Waals surface area contributed by atoms with Gasteiger partial charge < -0.3 is 5.11 Å². The fraction of sp³-hybridized carbons (Fsp3) is 0.800. The molecule has 0 aromatic heterocycles. The van der Waals surface area contributed by atoms with E-state index in [9.17, 15) is 5.11 Å². The molecule has 1 atom stereocenters. The quantitative estimate of drug-likeness (QED) is 0.619. The molecule has 1 aliphatic rings. The van der Waals surface area contributed by atoms with Crippen molar-refractivity contribution in [1.29, 1.82) is 0 Å². The molecule has 1 N–H and O–H groups in total. The second kappa shape index (κ2) is 4.55. The normalized spacial score (nSPS) is 23.0. The van der Waals surface area contributed by atoms with Gasteiger partial charge in [0, 0.05) is 0 Å². The van der Waals surface area contributed by atoms with Gasteiger partial charge in [-0.25, -0.2) is 0 Å². The Morgan fingerprint density at radius 2 is 2.00 bits per heavy atom. The van der Waals surface area contributed by atoms with Crippen molar-refractivity contribution in [2.24, 2.45) is 5.92 Å². The lowest BCUT2D eigenvalue weighted by Gasteiger charge is -2.25. The van der Waals surface area contributed by atoms with E-state index in [2.05, 4.69) is 6.58 Å². The van der Waals surface area contributed by atoms with Crippen LogP contribution in [0.5, 0.6) is 0 Å². The molecule has 0 radical (unpaired) electrons. The van der Waals surface area contributed by atoms with E-state index in [1.165, 1.54) is 32.1 Å². The third kappa shape index (κ3) is 2.66. The molecule has 0 amide bonds. The molecule has 64 valence electrons. The van der Waals surface area contributed by atoms with Crippen LogP contribution in [0, 0.1) is 5.92 Å². The fourth-order valence-electron chi connectivity index (χ4n) is 1.88. The molecule has 0 spiro atoms. The molecular formula is C10H18O. The van der Waals surface area contributed by atoms with E-state index in [4.69, 9.17) is 0 Å². The highest BCUT2D eigenvalue weighted by molar-refractivity contribution is 4.79. The number of hydrogen-bond acceptors (Lipinski definition) is 1. The molecule has 0 saturated heterocycles. The molecule has 1 saturated carbocycles. The number of aliphatic hydroxyl groups is 1. The summed E-state index contributed by atoms with van der Waals surface area (Å²) in [6, 6.07) is 0. The second-order valence-corrected chi connectivity index (χ2v) is 3.49. The van der Waals surface area contributed by atoms with Gasteiger partial charge in [0.2, 0.25) is 0 Å². The van der Waals surface area contributed by atoms with Gasteiger partial charge in [-0.05, 0) is 25.2 Å². The summed E-state index contributed by atoms with van der Waals surface area (Å²) < 4.78 is 0. The van der Waals surface area contributed by atoms with Gasteiger partial charge in [0.1, 0.15) is 0 Å². The van der Waals surface area contributed by atoms with E-state index >= 15 is 0 Å². The minimum atomic E-state index is -0.118. The van der Waals surface area contributed by atoms with E-state index in [0.29, 0.717) is 5.92 Å². The molecule has 0 heterocycles. The highest BCUT2D eigenvalue weighted by Gasteiger charge is 2.19. The monoisotopic (exact) mass is 154 g/mol. The minimum absolute atomic E-state index is 0.118. The molecule has 11 heavy (non-hydrogen) atoms. The van der Waals surface area contributed by atoms with Crippen LogP contribution in [0.1, 0.15) is 38.5 Å². The zero-order valence-electron chi connectivity index (χ0n) is 7.13. The van der Waals surface area contributed by atoms with Crippen LogP contribution in [-0.4, -0.2) is 11.2 Å². The van der Waals surface area contributed by atoms with Crippen LogP contribution in [0.3, 0.4) is 0 Å². The second-order valence-electron chi connectivity index (χ2n) is 3.49. The van der Waals surface area contributed by atoms with Crippen LogP contribution < -0.4 is 0 Å². The van der Waals surface area contributed by atoms with Crippen LogP contribution in [0.15, 0.2) is 12.7 Å². The van der Waals surface area contributed by atoms with Crippen molar-refractivity contribution < 1.29 is 5.11 Å². The highest BCUT2D eigenvalue weighted by atomic mass is 16.3. The summed E-state index contributed by atoms with van der Waals surface area (Å²) in [4.78, 5) is 0. The molecule has 0 aliphatic heterocycles. The molecule has 0 aromatic carbocycles. The van der Waals surface area contributed by atoms with Crippen LogP contribution >= 0.6 is 0 Å². The Bertz CT molecular complexity index is 114. The van der Waals surface area contributed by atoms with Crippen LogP contribution in [0.4, 0.5) is 0 Å². The Hall–Kier alpha value is -0.300. The van der Waals surface area contributed by atoms with E-state index in [0.717, 1.165) is 6.42 Å². The average molecular weight is 154 g/mol. The zero-order chi connectivity index (χ0) is 8.10. The van der Waals surface area contributed by atoms with Gasteiger partial charge in [-0.2, -0.15) is 0 Å². The van der Waals surface area contributed by atoms with Crippen molar-refractivity contribution >= 4 is 0 Å². The number of aliphatic hydroxyl groups excluding tert-OH is 1. The van der Waals surface area contributed by atoms with Gasteiger partial charge in [0.05, 0.1) is 6.10 Å². The first-order chi connectivity index (χ1) is 5.34. The number of hydrogen-bond donors (Lipinski definition) is 1. The Morgan fingerprint density at radius 1 is 1.36 bits per heavy atom. The summed E-state index contributed by atoms with van der Waals surface area (Å²) in [6.07, 6.45) is 8.87. The maximum absolute atomic E-state index is 9.60. The molecule has 1 fully saturated rings. The van der Waals surface area contributed by atoms with Gasteiger partial charge in [0.15, 0.2) is 0 Å². The van der Waals surface area contributed by atoms with Crippen molar-refractivity contribution in [2.45, 2.75) is 44.6 Å². The van der Waals surface area contributed by atoms with Gasteiger partial charge in [0.25, 0.3) is 0 Å². The van der Waals surface area contributed by atoms with Gasteiger partial charge in [-0.1, -0.05) is 25.3 Å². The van der Waals surface area contributed by atoms with E-state index in [1.54, 1.807) is 0 Å². The third-order valence-electron chi connectivity index (χ3n) is 2.60. The summed E-state index contributed by atoms with van der Waals surface area (Å²) in [5.74, 6) is 0.557. The lowest BCUT2D eigenvalue weighted by Crippen LogP contribution is -2.21. The molecular weight excluding hydrogens is 136 g/mol. The Morgan fingerprint density at radius 3 is 2.55 bits per heavy atom.